The number of carbonyl (C=O) groups excluding carboxylic acids is 1. The minimum Gasteiger partial charge on any atom is -0.374 e. The molecule has 0 unspecified atom stereocenters. The molecule has 116 valence electrons. The fourth-order valence-electron chi connectivity index (χ4n) is 1.86. The van der Waals surface area contributed by atoms with Crippen molar-refractivity contribution in [2.24, 2.45) is 0 Å². The molecule has 2 aromatic carbocycles. The van der Waals surface area contributed by atoms with Crippen LogP contribution in [0.5, 0.6) is 0 Å². The van der Waals surface area contributed by atoms with E-state index < -0.39 is 23.4 Å². The Hall–Kier alpha value is -2.50. The average molecular weight is 308 g/mol. The highest BCUT2D eigenvalue weighted by atomic mass is 19.2. The normalized spacial score (nSPS) is 10.4. The molecular formula is C16H15F3N2O. The topological polar surface area (TPSA) is 41.1 Å². The van der Waals surface area contributed by atoms with Crippen LogP contribution < -0.4 is 10.6 Å². The van der Waals surface area contributed by atoms with Gasteiger partial charge in [-0.05, 0) is 49.2 Å². The molecule has 0 bridgehead atoms. The zero-order valence-corrected chi connectivity index (χ0v) is 12.1. The van der Waals surface area contributed by atoms with E-state index in [2.05, 4.69) is 10.6 Å². The molecule has 22 heavy (non-hydrogen) atoms. The largest absolute Gasteiger partial charge is 0.374 e. The van der Waals surface area contributed by atoms with Gasteiger partial charge in [0.2, 0.25) is 5.91 Å². The lowest BCUT2D eigenvalue weighted by Gasteiger charge is -2.10. The molecule has 0 saturated carbocycles. The van der Waals surface area contributed by atoms with Crippen molar-refractivity contribution >= 4 is 17.3 Å². The third-order valence-electron chi connectivity index (χ3n) is 3.27. The summed E-state index contributed by atoms with van der Waals surface area (Å²) in [4.78, 5) is 11.8. The van der Waals surface area contributed by atoms with E-state index in [0.29, 0.717) is 5.69 Å². The Bertz CT molecular complexity index is 717. The standard InChI is InChI=1S/C16H15F3N2O/c1-9-3-4-11(7-10(9)2)21-14(22)8-20-13-6-5-12(17)15(18)16(13)19/h3-7,20H,8H2,1-2H3,(H,21,22). The number of benzene rings is 2. The first-order chi connectivity index (χ1) is 10.4. The van der Waals surface area contributed by atoms with E-state index in [9.17, 15) is 18.0 Å². The van der Waals surface area contributed by atoms with Crippen LogP contribution in [0.15, 0.2) is 30.3 Å². The summed E-state index contributed by atoms with van der Waals surface area (Å²) in [5, 5.41) is 5.07. The van der Waals surface area contributed by atoms with Crippen molar-refractivity contribution < 1.29 is 18.0 Å². The summed E-state index contributed by atoms with van der Waals surface area (Å²) in [7, 11) is 0. The molecule has 6 heteroatoms. The molecule has 0 radical (unpaired) electrons. The maximum absolute atomic E-state index is 13.4. The highest BCUT2D eigenvalue weighted by molar-refractivity contribution is 5.93. The number of amides is 1. The van der Waals surface area contributed by atoms with Crippen molar-refractivity contribution in [3.05, 3.63) is 58.9 Å². The van der Waals surface area contributed by atoms with Gasteiger partial charge in [-0.25, -0.2) is 13.2 Å². The molecule has 0 spiro atoms. The monoisotopic (exact) mass is 308 g/mol. The van der Waals surface area contributed by atoms with Crippen LogP contribution in [0, 0.1) is 31.3 Å². The predicted octanol–water partition coefficient (Wildman–Crippen LogP) is 3.77. The Morgan fingerprint density at radius 3 is 2.41 bits per heavy atom. The fraction of sp³-hybridized carbons (Fsp3) is 0.188. The van der Waals surface area contributed by atoms with Gasteiger partial charge in [-0.2, -0.15) is 0 Å². The average Bonchev–Trinajstić information content (AvgIpc) is 2.48. The van der Waals surface area contributed by atoms with E-state index in [1.165, 1.54) is 0 Å². The van der Waals surface area contributed by atoms with Crippen LogP contribution in [0.2, 0.25) is 0 Å². The first-order valence-electron chi connectivity index (χ1n) is 6.63. The molecular weight excluding hydrogens is 293 g/mol. The molecule has 0 heterocycles. The van der Waals surface area contributed by atoms with Crippen molar-refractivity contribution in [2.45, 2.75) is 13.8 Å². The lowest BCUT2D eigenvalue weighted by atomic mass is 10.1. The van der Waals surface area contributed by atoms with Crippen LogP contribution >= 0.6 is 0 Å². The van der Waals surface area contributed by atoms with Gasteiger partial charge in [0, 0.05) is 5.69 Å². The van der Waals surface area contributed by atoms with Gasteiger partial charge in [-0.3, -0.25) is 4.79 Å². The molecule has 2 rings (SSSR count). The van der Waals surface area contributed by atoms with Crippen molar-refractivity contribution in [3.8, 4) is 0 Å². The minimum absolute atomic E-state index is 0.269. The molecule has 0 aliphatic rings. The van der Waals surface area contributed by atoms with Crippen LogP contribution in [0.4, 0.5) is 24.5 Å². The summed E-state index contributed by atoms with van der Waals surface area (Å²) in [5.74, 6) is -4.62. The van der Waals surface area contributed by atoms with Gasteiger partial charge in [0.05, 0.1) is 12.2 Å². The number of carbonyl (C=O) groups is 1. The van der Waals surface area contributed by atoms with Crippen LogP contribution in [-0.2, 0) is 4.79 Å². The smallest absolute Gasteiger partial charge is 0.243 e. The van der Waals surface area contributed by atoms with E-state index in [4.69, 9.17) is 0 Å². The first kappa shape index (κ1) is 15.9. The number of hydrogen-bond acceptors (Lipinski definition) is 2. The zero-order valence-electron chi connectivity index (χ0n) is 12.1. The van der Waals surface area contributed by atoms with Gasteiger partial charge in [0.1, 0.15) is 0 Å². The lowest BCUT2D eigenvalue weighted by Crippen LogP contribution is -2.22. The molecule has 0 fully saturated rings. The molecule has 0 atom stereocenters. The van der Waals surface area contributed by atoms with Crippen molar-refractivity contribution in [3.63, 3.8) is 0 Å². The molecule has 0 aromatic heterocycles. The second kappa shape index (κ2) is 6.51. The number of rotatable bonds is 4. The Balaban J connectivity index is 1.98. The van der Waals surface area contributed by atoms with Crippen LogP contribution in [0.1, 0.15) is 11.1 Å². The van der Waals surface area contributed by atoms with Gasteiger partial charge in [0.25, 0.3) is 0 Å². The highest BCUT2D eigenvalue weighted by Gasteiger charge is 2.13. The number of hydrogen-bond donors (Lipinski definition) is 2. The Labute approximate surface area is 126 Å². The van der Waals surface area contributed by atoms with Gasteiger partial charge < -0.3 is 10.6 Å². The van der Waals surface area contributed by atoms with E-state index in [1.807, 2.05) is 26.0 Å². The van der Waals surface area contributed by atoms with E-state index in [-0.39, 0.29) is 12.2 Å². The van der Waals surface area contributed by atoms with Crippen LogP contribution in [-0.4, -0.2) is 12.5 Å². The molecule has 0 aliphatic heterocycles. The number of aryl methyl sites for hydroxylation is 2. The minimum atomic E-state index is -1.57. The predicted molar refractivity (Wildman–Crippen MR) is 79.4 cm³/mol. The van der Waals surface area contributed by atoms with Gasteiger partial charge >= 0.3 is 0 Å². The highest BCUT2D eigenvalue weighted by Crippen LogP contribution is 2.19. The Morgan fingerprint density at radius 1 is 1.00 bits per heavy atom. The third-order valence-corrected chi connectivity index (χ3v) is 3.27. The van der Waals surface area contributed by atoms with E-state index in [0.717, 1.165) is 23.3 Å². The van der Waals surface area contributed by atoms with Crippen molar-refractivity contribution in [1.29, 1.82) is 0 Å². The second-order valence-corrected chi connectivity index (χ2v) is 4.92. The van der Waals surface area contributed by atoms with Crippen LogP contribution in [0.3, 0.4) is 0 Å². The Kier molecular flexibility index (Phi) is 4.70. The number of anilines is 2. The van der Waals surface area contributed by atoms with E-state index >= 15 is 0 Å². The molecule has 2 aromatic rings. The van der Waals surface area contributed by atoms with Crippen molar-refractivity contribution in [2.75, 3.05) is 17.2 Å². The third kappa shape index (κ3) is 3.58. The number of halogens is 3. The first-order valence-corrected chi connectivity index (χ1v) is 6.63. The lowest BCUT2D eigenvalue weighted by molar-refractivity contribution is -0.114. The van der Waals surface area contributed by atoms with Gasteiger partial charge in [0.15, 0.2) is 17.5 Å². The SMILES string of the molecule is Cc1ccc(NC(=O)CNc2ccc(F)c(F)c2F)cc1C. The second-order valence-electron chi connectivity index (χ2n) is 4.92. The van der Waals surface area contributed by atoms with Gasteiger partial charge in [-0.15, -0.1) is 0 Å². The summed E-state index contributed by atoms with van der Waals surface area (Å²) in [6.07, 6.45) is 0. The molecule has 0 aliphatic carbocycles. The molecule has 2 N–H and O–H groups in total. The summed E-state index contributed by atoms with van der Waals surface area (Å²) in [6.45, 7) is 3.60. The summed E-state index contributed by atoms with van der Waals surface area (Å²) in [6, 6.07) is 7.26. The maximum Gasteiger partial charge on any atom is 0.243 e. The summed E-state index contributed by atoms with van der Waals surface area (Å²) in [5.41, 5.74) is 2.46. The van der Waals surface area contributed by atoms with Gasteiger partial charge in [-0.1, -0.05) is 6.07 Å². The fourth-order valence-corrected chi connectivity index (χ4v) is 1.86. The van der Waals surface area contributed by atoms with Crippen LogP contribution in [0.25, 0.3) is 0 Å². The number of nitrogens with one attached hydrogen (secondary N) is 2. The molecule has 3 nitrogen and oxygen atoms in total. The maximum atomic E-state index is 13.4. The molecule has 0 saturated heterocycles. The van der Waals surface area contributed by atoms with Crippen molar-refractivity contribution in [1.82, 2.24) is 0 Å². The zero-order chi connectivity index (χ0) is 16.3. The molecule has 1 amide bonds. The summed E-state index contributed by atoms with van der Waals surface area (Å²) < 4.78 is 39.3. The quantitative estimate of drug-likeness (QED) is 0.844. The van der Waals surface area contributed by atoms with E-state index in [1.54, 1.807) is 6.07 Å². The summed E-state index contributed by atoms with van der Waals surface area (Å²) >= 11 is 0. The Morgan fingerprint density at radius 2 is 1.73 bits per heavy atom.